The molecule has 0 aliphatic carbocycles. The van der Waals surface area contributed by atoms with E-state index in [1.165, 1.54) is 24.3 Å². The summed E-state index contributed by atoms with van der Waals surface area (Å²) in [6.07, 6.45) is 0.968. The fourth-order valence-electron chi connectivity index (χ4n) is 2.24. The van der Waals surface area contributed by atoms with Gasteiger partial charge < -0.3 is 10.6 Å². The van der Waals surface area contributed by atoms with E-state index in [-0.39, 0.29) is 21.2 Å². The van der Waals surface area contributed by atoms with Crippen LogP contribution in [0.4, 0.5) is 17.1 Å². The molecule has 0 saturated heterocycles. The lowest BCUT2D eigenvalue weighted by atomic mass is 10.3. The van der Waals surface area contributed by atoms with Crippen molar-refractivity contribution in [1.82, 2.24) is 0 Å². The van der Waals surface area contributed by atoms with Crippen LogP contribution >= 0.6 is 0 Å². The van der Waals surface area contributed by atoms with E-state index in [9.17, 15) is 26.9 Å². The lowest BCUT2D eigenvalue weighted by Gasteiger charge is -2.13. The smallest absolute Gasteiger partial charge is 0.269 e. The SMILES string of the molecule is CS(=O)(=O)c1cc(S(N)(=O)=O)ccc1NCCNc1ccc([N+](=O)[O-])cc1. The molecule has 0 fully saturated rings. The highest BCUT2D eigenvalue weighted by atomic mass is 32.2. The number of sulfone groups is 1. The first kappa shape index (κ1) is 20.6. The predicted octanol–water partition coefficient (Wildman–Crippen LogP) is 1.17. The third-order valence-electron chi connectivity index (χ3n) is 3.53. The van der Waals surface area contributed by atoms with Crippen LogP contribution in [0.2, 0.25) is 0 Å². The number of rotatable bonds is 8. The minimum absolute atomic E-state index is 0.0218. The summed E-state index contributed by atoms with van der Waals surface area (Å²) in [6.45, 7) is 0.701. The zero-order chi connectivity index (χ0) is 20.2. The van der Waals surface area contributed by atoms with Crippen LogP contribution in [0.15, 0.2) is 52.3 Å². The molecule has 10 nitrogen and oxygen atoms in total. The third kappa shape index (κ3) is 5.64. The summed E-state index contributed by atoms with van der Waals surface area (Å²) in [5, 5.41) is 21.6. The van der Waals surface area contributed by atoms with Crippen LogP contribution in [-0.2, 0) is 19.9 Å². The van der Waals surface area contributed by atoms with Gasteiger partial charge in [0, 0.05) is 37.2 Å². The van der Waals surface area contributed by atoms with Gasteiger partial charge in [-0.3, -0.25) is 10.1 Å². The van der Waals surface area contributed by atoms with E-state index in [4.69, 9.17) is 5.14 Å². The second kappa shape index (κ2) is 7.90. The Morgan fingerprint density at radius 2 is 1.59 bits per heavy atom. The summed E-state index contributed by atoms with van der Waals surface area (Å²) in [7, 11) is -7.71. The molecule has 27 heavy (non-hydrogen) atoms. The number of non-ortho nitro benzene ring substituents is 1. The van der Waals surface area contributed by atoms with Crippen LogP contribution in [0.5, 0.6) is 0 Å². The Balaban J connectivity index is 2.06. The zero-order valence-electron chi connectivity index (χ0n) is 14.2. The molecule has 146 valence electrons. The van der Waals surface area contributed by atoms with E-state index < -0.39 is 24.8 Å². The van der Waals surface area contributed by atoms with Crippen LogP contribution in [0.1, 0.15) is 0 Å². The van der Waals surface area contributed by atoms with Crippen LogP contribution in [0.3, 0.4) is 0 Å². The van der Waals surface area contributed by atoms with Crippen molar-refractivity contribution in [2.45, 2.75) is 9.79 Å². The molecule has 0 bridgehead atoms. The Morgan fingerprint density at radius 3 is 2.11 bits per heavy atom. The number of anilines is 2. The standard InChI is InChI=1S/C15H18N4O6S2/c1-26(22,23)15-10-13(27(16,24)25)6-7-14(15)18-9-8-17-11-2-4-12(5-3-11)19(20)21/h2-7,10,17-18H,8-9H2,1H3,(H2,16,24,25). The maximum Gasteiger partial charge on any atom is 0.269 e. The van der Waals surface area contributed by atoms with Gasteiger partial charge in [0.2, 0.25) is 10.0 Å². The number of nitro benzene ring substituents is 1. The molecular weight excluding hydrogens is 396 g/mol. The van der Waals surface area contributed by atoms with Crippen LogP contribution in [0.25, 0.3) is 0 Å². The van der Waals surface area contributed by atoms with Gasteiger partial charge in [-0.15, -0.1) is 0 Å². The van der Waals surface area contributed by atoms with Gasteiger partial charge in [0.15, 0.2) is 9.84 Å². The summed E-state index contributed by atoms with van der Waals surface area (Å²) >= 11 is 0. The molecule has 0 spiro atoms. The third-order valence-corrected chi connectivity index (χ3v) is 5.58. The van der Waals surface area contributed by atoms with Gasteiger partial charge in [-0.25, -0.2) is 22.0 Å². The van der Waals surface area contributed by atoms with E-state index in [0.717, 1.165) is 12.3 Å². The maximum atomic E-state index is 11.9. The molecule has 0 saturated carbocycles. The van der Waals surface area contributed by atoms with Gasteiger partial charge >= 0.3 is 0 Å². The first-order chi connectivity index (χ1) is 12.5. The second-order valence-electron chi connectivity index (χ2n) is 5.63. The number of hydrogen-bond donors (Lipinski definition) is 3. The van der Waals surface area contributed by atoms with Crippen molar-refractivity contribution in [2.75, 3.05) is 30.0 Å². The first-order valence-corrected chi connectivity index (χ1v) is 11.0. The number of sulfonamides is 1. The highest BCUT2D eigenvalue weighted by molar-refractivity contribution is 7.91. The highest BCUT2D eigenvalue weighted by Crippen LogP contribution is 2.24. The lowest BCUT2D eigenvalue weighted by molar-refractivity contribution is -0.384. The molecule has 0 heterocycles. The lowest BCUT2D eigenvalue weighted by Crippen LogP contribution is -2.17. The molecule has 12 heteroatoms. The Morgan fingerprint density at radius 1 is 1.00 bits per heavy atom. The summed E-state index contributed by atoms with van der Waals surface area (Å²) in [4.78, 5) is 9.64. The second-order valence-corrected chi connectivity index (χ2v) is 9.18. The molecule has 0 aliphatic heterocycles. The first-order valence-electron chi connectivity index (χ1n) is 7.57. The van der Waals surface area contributed by atoms with Crippen LogP contribution < -0.4 is 15.8 Å². The molecule has 2 rings (SSSR count). The Kier molecular flexibility index (Phi) is 6.03. The Hall–Kier alpha value is -2.70. The normalized spacial score (nSPS) is 11.8. The molecule has 2 aromatic rings. The fraction of sp³-hybridized carbons (Fsp3) is 0.200. The van der Waals surface area contributed by atoms with Crippen molar-refractivity contribution in [3.8, 4) is 0 Å². The van der Waals surface area contributed by atoms with Gasteiger partial charge in [0.05, 0.1) is 20.4 Å². The zero-order valence-corrected chi connectivity index (χ0v) is 15.9. The van der Waals surface area contributed by atoms with Crippen molar-refractivity contribution >= 4 is 36.9 Å². The molecule has 0 aliphatic rings. The van der Waals surface area contributed by atoms with Crippen LogP contribution in [0, 0.1) is 10.1 Å². The van der Waals surface area contributed by atoms with Crippen molar-refractivity contribution in [3.05, 3.63) is 52.6 Å². The molecule has 0 aromatic heterocycles. The average molecular weight is 414 g/mol. The van der Waals surface area contributed by atoms with Crippen molar-refractivity contribution in [1.29, 1.82) is 0 Å². The predicted molar refractivity (Wildman–Crippen MR) is 101 cm³/mol. The molecule has 0 atom stereocenters. The average Bonchev–Trinajstić information content (AvgIpc) is 2.57. The number of primary sulfonamides is 1. The quantitative estimate of drug-likeness (QED) is 0.329. The van der Waals surface area contributed by atoms with E-state index in [0.29, 0.717) is 18.8 Å². The minimum atomic E-state index is -4.03. The van der Waals surface area contributed by atoms with E-state index in [1.54, 1.807) is 12.1 Å². The Labute approximate surface area is 156 Å². The van der Waals surface area contributed by atoms with Gasteiger partial charge in [0.25, 0.3) is 5.69 Å². The summed E-state index contributed by atoms with van der Waals surface area (Å²) in [5.41, 5.74) is 0.886. The summed E-state index contributed by atoms with van der Waals surface area (Å²) < 4.78 is 46.7. The van der Waals surface area contributed by atoms with Gasteiger partial charge in [-0.05, 0) is 30.3 Å². The number of hydrogen-bond acceptors (Lipinski definition) is 8. The molecule has 4 N–H and O–H groups in total. The summed E-state index contributed by atoms with van der Waals surface area (Å²) in [5.74, 6) is 0. The largest absolute Gasteiger partial charge is 0.383 e. The Bertz CT molecular complexity index is 1050. The highest BCUT2D eigenvalue weighted by Gasteiger charge is 2.18. The van der Waals surface area contributed by atoms with Gasteiger partial charge in [0.1, 0.15) is 0 Å². The van der Waals surface area contributed by atoms with Gasteiger partial charge in [-0.2, -0.15) is 0 Å². The maximum absolute atomic E-state index is 11.9. The van der Waals surface area contributed by atoms with E-state index in [2.05, 4.69) is 10.6 Å². The van der Waals surface area contributed by atoms with Crippen molar-refractivity contribution < 1.29 is 21.8 Å². The van der Waals surface area contributed by atoms with Crippen molar-refractivity contribution in [2.24, 2.45) is 5.14 Å². The number of benzene rings is 2. The molecule has 0 amide bonds. The topological polar surface area (TPSA) is 162 Å². The van der Waals surface area contributed by atoms with Crippen LogP contribution in [-0.4, -0.2) is 41.1 Å². The van der Waals surface area contributed by atoms with Gasteiger partial charge in [-0.1, -0.05) is 0 Å². The number of nitro groups is 1. The monoisotopic (exact) mass is 414 g/mol. The number of nitrogens with two attached hydrogens (primary N) is 1. The fourth-order valence-corrected chi connectivity index (χ4v) is 3.73. The number of nitrogens with zero attached hydrogens (tertiary/aromatic N) is 1. The molecule has 2 aromatic carbocycles. The minimum Gasteiger partial charge on any atom is -0.383 e. The van der Waals surface area contributed by atoms with E-state index >= 15 is 0 Å². The number of nitrogens with one attached hydrogen (secondary N) is 2. The van der Waals surface area contributed by atoms with Crippen molar-refractivity contribution in [3.63, 3.8) is 0 Å². The summed E-state index contributed by atoms with van der Waals surface area (Å²) in [6, 6.07) is 9.41. The molecule has 0 unspecified atom stereocenters. The molecule has 0 radical (unpaired) electrons. The molecular formula is C15H18N4O6S2. The van der Waals surface area contributed by atoms with E-state index in [1.807, 2.05) is 0 Å².